The Morgan fingerprint density at radius 2 is 1.38 bits per heavy atom. The van der Waals surface area contributed by atoms with Gasteiger partial charge in [0.25, 0.3) is 0 Å². The number of carbonyl (C=O) groups is 1. The van der Waals surface area contributed by atoms with Crippen LogP contribution in [0.3, 0.4) is 0 Å². The first-order valence-electron chi connectivity index (χ1n) is 8.15. The second kappa shape index (κ2) is 10.0. The van der Waals surface area contributed by atoms with Gasteiger partial charge in [-0.25, -0.2) is 4.79 Å². The lowest BCUT2D eigenvalue weighted by Crippen LogP contribution is -2.37. The first-order valence-corrected chi connectivity index (χ1v) is 8.15. The fourth-order valence-electron chi connectivity index (χ4n) is 2.19. The molecular weight excluding hydrogens is 336 g/mol. The summed E-state index contributed by atoms with van der Waals surface area (Å²) in [4.78, 5) is 11.8. The van der Waals surface area contributed by atoms with Crippen LogP contribution in [0.2, 0.25) is 0 Å². The van der Waals surface area contributed by atoms with Gasteiger partial charge >= 0.3 is 6.03 Å². The van der Waals surface area contributed by atoms with Gasteiger partial charge in [-0.05, 0) is 17.7 Å². The van der Waals surface area contributed by atoms with Crippen molar-refractivity contribution in [1.82, 2.24) is 10.6 Å². The van der Waals surface area contributed by atoms with Crippen LogP contribution in [0, 0.1) is 0 Å². The average molecular weight is 360 g/mol. The molecule has 2 rings (SSSR count). The molecule has 0 aromatic heterocycles. The molecule has 2 N–H and O–H groups in total. The maximum absolute atomic E-state index is 11.8. The van der Waals surface area contributed by atoms with Gasteiger partial charge in [-0.1, -0.05) is 12.1 Å². The van der Waals surface area contributed by atoms with Crippen LogP contribution in [0.5, 0.6) is 23.0 Å². The number of methoxy groups -OCH3 is 3. The third kappa shape index (κ3) is 6.08. The van der Waals surface area contributed by atoms with Crippen molar-refractivity contribution in [2.24, 2.45) is 0 Å². The van der Waals surface area contributed by atoms with Crippen molar-refractivity contribution in [3.05, 3.63) is 48.0 Å². The summed E-state index contributed by atoms with van der Waals surface area (Å²) >= 11 is 0. The SMILES string of the molecule is COc1ccc(CNC(=O)NCCOc2cc(OC)cc(OC)c2)cc1. The van der Waals surface area contributed by atoms with Crippen molar-refractivity contribution < 1.29 is 23.7 Å². The van der Waals surface area contributed by atoms with E-state index >= 15 is 0 Å². The maximum atomic E-state index is 11.8. The van der Waals surface area contributed by atoms with Crippen LogP contribution >= 0.6 is 0 Å². The molecule has 7 heteroatoms. The average Bonchev–Trinajstić information content (AvgIpc) is 2.69. The van der Waals surface area contributed by atoms with Crippen LogP contribution in [0.25, 0.3) is 0 Å². The van der Waals surface area contributed by atoms with E-state index in [0.29, 0.717) is 36.9 Å². The Morgan fingerprint density at radius 1 is 0.808 bits per heavy atom. The molecule has 140 valence electrons. The summed E-state index contributed by atoms with van der Waals surface area (Å²) in [6.07, 6.45) is 0. The van der Waals surface area contributed by atoms with Crippen LogP contribution in [0.15, 0.2) is 42.5 Å². The molecule has 7 nitrogen and oxygen atoms in total. The van der Waals surface area contributed by atoms with Crippen LogP contribution < -0.4 is 29.6 Å². The minimum absolute atomic E-state index is 0.257. The van der Waals surface area contributed by atoms with Gasteiger partial charge in [0.15, 0.2) is 0 Å². The molecule has 0 radical (unpaired) electrons. The number of amides is 2. The first kappa shape index (κ1) is 19.2. The zero-order valence-electron chi connectivity index (χ0n) is 15.2. The van der Waals surface area contributed by atoms with E-state index < -0.39 is 0 Å². The molecular formula is C19H24N2O5. The van der Waals surface area contributed by atoms with Crippen molar-refractivity contribution >= 4 is 6.03 Å². The van der Waals surface area contributed by atoms with Gasteiger partial charge in [0.1, 0.15) is 29.6 Å². The van der Waals surface area contributed by atoms with Crippen molar-refractivity contribution in [2.75, 3.05) is 34.5 Å². The molecule has 2 aromatic rings. The lowest BCUT2D eigenvalue weighted by Gasteiger charge is -2.11. The molecule has 26 heavy (non-hydrogen) atoms. The standard InChI is InChI=1S/C19H24N2O5/c1-23-15-6-4-14(5-7-15)13-21-19(22)20-8-9-26-18-11-16(24-2)10-17(12-18)25-3/h4-7,10-12H,8-9,13H2,1-3H3,(H2,20,21,22). The third-order valence-electron chi connectivity index (χ3n) is 3.59. The Balaban J connectivity index is 1.69. The topological polar surface area (TPSA) is 78.1 Å². The van der Waals surface area contributed by atoms with Crippen molar-refractivity contribution in [2.45, 2.75) is 6.54 Å². The van der Waals surface area contributed by atoms with E-state index in [4.69, 9.17) is 18.9 Å². The Hall–Kier alpha value is -3.09. The van der Waals surface area contributed by atoms with Crippen LogP contribution in [-0.2, 0) is 6.54 Å². The minimum atomic E-state index is -0.257. The summed E-state index contributed by atoms with van der Waals surface area (Å²) in [7, 11) is 4.77. The summed E-state index contributed by atoms with van der Waals surface area (Å²) in [6, 6.07) is 12.5. The molecule has 0 spiro atoms. The number of carbonyl (C=O) groups excluding carboxylic acids is 1. The Labute approximate surface area is 153 Å². The van der Waals surface area contributed by atoms with E-state index in [9.17, 15) is 4.79 Å². The fraction of sp³-hybridized carbons (Fsp3) is 0.316. The highest BCUT2D eigenvalue weighted by Crippen LogP contribution is 2.27. The monoisotopic (exact) mass is 360 g/mol. The Bertz CT molecular complexity index is 681. The third-order valence-corrected chi connectivity index (χ3v) is 3.59. The Kier molecular flexibility index (Phi) is 7.42. The van der Waals surface area contributed by atoms with E-state index in [1.54, 1.807) is 39.5 Å². The highest BCUT2D eigenvalue weighted by atomic mass is 16.5. The summed E-state index contributed by atoms with van der Waals surface area (Å²) in [5.74, 6) is 2.68. The highest BCUT2D eigenvalue weighted by Gasteiger charge is 2.04. The normalized spacial score (nSPS) is 9.96. The van der Waals surface area contributed by atoms with E-state index in [-0.39, 0.29) is 6.03 Å². The lowest BCUT2D eigenvalue weighted by atomic mass is 10.2. The van der Waals surface area contributed by atoms with E-state index in [0.717, 1.165) is 11.3 Å². The largest absolute Gasteiger partial charge is 0.497 e. The number of hydrogen-bond donors (Lipinski definition) is 2. The van der Waals surface area contributed by atoms with Crippen molar-refractivity contribution in [1.29, 1.82) is 0 Å². The predicted octanol–water partition coefficient (Wildman–Crippen LogP) is 2.59. The van der Waals surface area contributed by atoms with E-state index in [2.05, 4.69) is 10.6 Å². The number of hydrogen-bond acceptors (Lipinski definition) is 5. The fourth-order valence-corrected chi connectivity index (χ4v) is 2.19. The first-order chi connectivity index (χ1) is 12.6. The second-order valence-electron chi connectivity index (χ2n) is 5.35. The van der Waals surface area contributed by atoms with Gasteiger partial charge in [0, 0.05) is 24.7 Å². The van der Waals surface area contributed by atoms with Crippen LogP contribution in [0.4, 0.5) is 4.79 Å². The Morgan fingerprint density at radius 3 is 1.96 bits per heavy atom. The smallest absolute Gasteiger partial charge is 0.315 e. The quantitative estimate of drug-likeness (QED) is 0.672. The minimum Gasteiger partial charge on any atom is -0.497 e. The van der Waals surface area contributed by atoms with Crippen LogP contribution in [0.1, 0.15) is 5.56 Å². The molecule has 0 heterocycles. The molecule has 0 unspecified atom stereocenters. The van der Waals surface area contributed by atoms with Crippen molar-refractivity contribution in [3.8, 4) is 23.0 Å². The molecule has 0 saturated heterocycles. The summed E-state index contributed by atoms with van der Waals surface area (Å²) in [5.41, 5.74) is 0.987. The predicted molar refractivity (Wildman–Crippen MR) is 98.3 cm³/mol. The zero-order chi connectivity index (χ0) is 18.8. The summed E-state index contributed by atoms with van der Waals surface area (Å²) in [5, 5.41) is 5.53. The molecule has 0 aliphatic carbocycles. The maximum Gasteiger partial charge on any atom is 0.315 e. The molecule has 2 aromatic carbocycles. The molecule has 0 bridgehead atoms. The molecule has 0 aliphatic heterocycles. The van der Waals surface area contributed by atoms with Gasteiger partial charge in [-0.15, -0.1) is 0 Å². The number of benzene rings is 2. The van der Waals surface area contributed by atoms with Gasteiger partial charge in [-0.3, -0.25) is 0 Å². The number of urea groups is 1. The molecule has 0 aliphatic rings. The lowest BCUT2D eigenvalue weighted by molar-refractivity contribution is 0.236. The van der Waals surface area contributed by atoms with Gasteiger partial charge in [-0.2, -0.15) is 0 Å². The molecule has 0 saturated carbocycles. The number of rotatable bonds is 9. The van der Waals surface area contributed by atoms with Crippen molar-refractivity contribution in [3.63, 3.8) is 0 Å². The van der Waals surface area contributed by atoms with Gasteiger partial charge in [0.2, 0.25) is 0 Å². The summed E-state index contributed by atoms with van der Waals surface area (Å²) < 4.78 is 21.1. The molecule has 0 atom stereocenters. The van der Waals surface area contributed by atoms with Gasteiger partial charge in [0.05, 0.1) is 27.9 Å². The zero-order valence-corrected chi connectivity index (χ0v) is 15.2. The molecule has 2 amide bonds. The summed E-state index contributed by atoms with van der Waals surface area (Å²) in [6.45, 7) is 1.13. The van der Waals surface area contributed by atoms with Gasteiger partial charge < -0.3 is 29.6 Å². The molecule has 0 fully saturated rings. The number of ether oxygens (including phenoxy) is 4. The van der Waals surface area contributed by atoms with E-state index in [1.807, 2.05) is 24.3 Å². The second-order valence-corrected chi connectivity index (χ2v) is 5.35. The number of nitrogens with one attached hydrogen (secondary N) is 2. The highest BCUT2D eigenvalue weighted by molar-refractivity contribution is 5.73. The van der Waals surface area contributed by atoms with Crippen LogP contribution in [-0.4, -0.2) is 40.5 Å². The van der Waals surface area contributed by atoms with E-state index in [1.165, 1.54) is 0 Å².